The van der Waals surface area contributed by atoms with Crippen molar-refractivity contribution in [3.8, 4) is 11.5 Å². The molecule has 2 rings (SSSR count). The summed E-state index contributed by atoms with van der Waals surface area (Å²) in [6, 6.07) is 4.78. The van der Waals surface area contributed by atoms with Crippen LogP contribution in [-0.4, -0.2) is 34.3 Å². The van der Waals surface area contributed by atoms with Gasteiger partial charge in [-0.2, -0.15) is 5.10 Å². The summed E-state index contributed by atoms with van der Waals surface area (Å²) in [6.07, 6.45) is 4.21. The number of amides is 1. The number of ether oxygens (including phenoxy) is 1. The van der Waals surface area contributed by atoms with Crippen molar-refractivity contribution in [1.29, 1.82) is 0 Å². The van der Waals surface area contributed by atoms with Crippen molar-refractivity contribution in [2.45, 2.75) is 0 Å². The minimum atomic E-state index is -0.397. The van der Waals surface area contributed by atoms with E-state index in [9.17, 15) is 9.90 Å². The molecule has 0 unspecified atom stereocenters. The molecule has 0 aliphatic rings. The maximum Gasteiger partial charge on any atom is 0.289 e. The molecule has 0 radical (unpaired) electrons. The van der Waals surface area contributed by atoms with Crippen LogP contribution in [0.4, 0.5) is 0 Å². The Morgan fingerprint density at radius 3 is 3.05 bits per heavy atom. The van der Waals surface area contributed by atoms with Crippen molar-refractivity contribution < 1.29 is 14.6 Å². The number of aromatic nitrogens is 2. The lowest BCUT2D eigenvalue weighted by atomic mass is 10.2. The Kier molecular flexibility index (Phi) is 3.77. The van der Waals surface area contributed by atoms with Crippen LogP contribution in [0.5, 0.6) is 11.5 Å². The van der Waals surface area contributed by atoms with E-state index in [1.807, 2.05) is 0 Å². The molecule has 2 aromatic rings. The average Bonchev–Trinajstić information content (AvgIpc) is 2.93. The van der Waals surface area contributed by atoms with Gasteiger partial charge >= 0.3 is 0 Å². The number of aromatic hydroxyl groups is 1. The zero-order chi connectivity index (χ0) is 13.7. The van der Waals surface area contributed by atoms with Crippen molar-refractivity contribution in [3.63, 3.8) is 0 Å². The highest BCUT2D eigenvalue weighted by Crippen LogP contribution is 2.25. The van der Waals surface area contributed by atoms with Crippen molar-refractivity contribution in [1.82, 2.24) is 15.4 Å². The molecule has 7 heteroatoms. The summed E-state index contributed by atoms with van der Waals surface area (Å²) < 4.78 is 4.92. The van der Waals surface area contributed by atoms with E-state index >= 15 is 0 Å². The zero-order valence-electron chi connectivity index (χ0n) is 10.1. The summed E-state index contributed by atoms with van der Waals surface area (Å²) in [5.74, 6) is -0.0172. The fourth-order valence-electron chi connectivity index (χ4n) is 1.39. The normalized spacial score (nSPS) is 10.6. The van der Waals surface area contributed by atoms with Crippen LogP contribution in [0.15, 0.2) is 35.8 Å². The van der Waals surface area contributed by atoms with Crippen LogP contribution in [-0.2, 0) is 0 Å². The van der Waals surface area contributed by atoms with Crippen molar-refractivity contribution in [3.05, 3.63) is 42.0 Å². The number of imidazole rings is 1. The number of phenols is 1. The van der Waals surface area contributed by atoms with Gasteiger partial charge in [0, 0.05) is 0 Å². The van der Waals surface area contributed by atoms with Crippen LogP contribution < -0.4 is 10.2 Å². The molecule has 0 spiro atoms. The number of rotatable bonds is 4. The van der Waals surface area contributed by atoms with Gasteiger partial charge in [-0.1, -0.05) is 0 Å². The minimum Gasteiger partial charge on any atom is -0.504 e. The number of H-pyrrole nitrogens is 1. The Labute approximate surface area is 108 Å². The monoisotopic (exact) mass is 260 g/mol. The second-order valence-electron chi connectivity index (χ2n) is 3.60. The second-order valence-corrected chi connectivity index (χ2v) is 3.60. The molecule has 0 atom stereocenters. The Bertz CT molecular complexity index is 593. The van der Waals surface area contributed by atoms with Gasteiger partial charge in [0.05, 0.1) is 25.8 Å². The van der Waals surface area contributed by atoms with Gasteiger partial charge in [-0.25, -0.2) is 10.4 Å². The van der Waals surface area contributed by atoms with E-state index in [2.05, 4.69) is 20.5 Å². The van der Waals surface area contributed by atoms with Crippen LogP contribution in [0.25, 0.3) is 0 Å². The fourth-order valence-corrected chi connectivity index (χ4v) is 1.39. The lowest BCUT2D eigenvalue weighted by molar-refractivity contribution is 0.0950. The predicted molar refractivity (Wildman–Crippen MR) is 68.3 cm³/mol. The standard InChI is InChI=1S/C12H12N4O3/c1-19-11-3-2-8(4-10(11)17)5-15-16-12(18)9-6-13-7-14-9/h2-7,17H,1H3,(H,13,14)(H,16,18)/b15-5+. The maximum absolute atomic E-state index is 11.5. The van der Waals surface area contributed by atoms with Gasteiger partial charge in [0.1, 0.15) is 5.69 Å². The molecule has 0 aliphatic heterocycles. The summed E-state index contributed by atoms with van der Waals surface area (Å²) in [4.78, 5) is 17.9. The number of methoxy groups -OCH3 is 1. The molecule has 1 aromatic heterocycles. The highest BCUT2D eigenvalue weighted by Gasteiger charge is 2.04. The first-order valence-corrected chi connectivity index (χ1v) is 5.39. The number of hydrogen-bond donors (Lipinski definition) is 3. The molecule has 0 aliphatic carbocycles. The van der Waals surface area contributed by atoms with E-state index in [1.165, 1.54) is 31.9 Å². The van der Waals surface area contributed by atoms with Crippen molar-refractivity contribution in [2.75, 3.05) is 7.11 Å². The highest BCUT2D eigenvalue weighted by molar-refractivity contribution is 5.92. The molecule has 0 saturated carbocycles. The summed E-state index contributed by atoms with van der Waals surface area (Å²) >= 11 is 0. The third kappa shape index (κ3) is 3.09. The molecule has 1 aromatic carbocycles. The van der Waals surface area contributed by atoms with Crippen molar-refractivity contribution in [2.24, 2.45) is 5.10 Å². The molecule has 19 heavy (non-hydrogen) atoms. The molecule has 3 N–H and O–H groups in total. The molecular formula is C12H12N4O3. The zero-order valence-corrected chi connectivity index (χ0v) is 10.1. The molecule has 7 nitrogen and oxygen atoms in total. The number of carbonyl (C=O) groups is 1. The van der Waals surface area contributed by atoms with Gasteiger partial charge in [-0.05, 0) is 23.8 Å². The first-order valence-electron chi connectivity index (χ1n) is 5.39. The Balaban J connectivity index is 1.99. The van der Waals surface area contributed by atoms with Gasteiger partial charge in [-0.3, -0.25) is 4.79 Å². The van der Waals surface area contributed by atoms with Crippen LogP contribution in [0.2, 0.25) is 0 Å². The lowest BCUT2D eigenvalue weighted by Crippen LogP contribution is -2.17. The molecule has 1 amide bonds. The predicted octanol–water partition coefficient (Wildman–Crippen LogP) is 0.888. The molecule has 0 fully saturated rings. The van der Waals surface area contributed by atoms with Crippen molar-refractivity contribution >= 4 is 12.1 Å². The number of carbonyl (C=O) groups excluding carboxylic acids is 1. The number of aromatic amines is 1. The lowest BCUT2D eigenvalue weighted by Gasteiger charge is -2.03. The number of hydrogen-bond acceptors (Lipinski definition) is 5. The highest BCUT2D eigenvalue weighted by atomic mass is 16.5. The van der Waals surface area contributed by atoms with Gasteiger partial charge in [0.15, 0.2) is 11.5 Å². The summed E-state index contributed by atoms with van der Waals surface area (Å²) in [5, 5.41) is 13.3. The van der Waals surface area contributed by atoms with E-state index < -0.39 is 5.91 Å². The first-order chi connectivity index (χ1) is 9.20. The Hall–Kier alpha value is -2.83. The topological polar surface area (TPSA) is 99.6 Å². The van der Waals surface area contributed by atoms with Gasteiger partial charge in [0.2, 0.25) is 0 Å². The van der Waals surface area contributed by atoms with E-state index in [4.69, 9.17) is 4.74 Å². The van der Waals surface area contributed by atoms with E-state index in [-0.39, 0.29) is 5.75 Å². The first kappa shape index (κ1) is 12.6. The number of hydrazone groups is 1. The number of phenolic OH excluding ortho intramolecular Hbond substituents is 1. The number of benzene rings is 1. The third-order valence-corrected chi connectivity index (χ3v) is 2.33. The van der Waals surface area contributed by atoms with Crippen LogP contribution in [0.1, 0.15) is 16.1 Å². The smallest absolute Gasteiger partial charge is 0.289 e. The Morgan fingerprint density at radius 2 is 2.42 bits per heavy atom. The Morgan fingerprint density at radius 1 is 1.58 bits per heavy atom. The van der Waals surface area contributed by atoms with Crippen LogP contribution in [0.3, 0.4) is 0 Å². The minimum absolute atomic E-state index is 0.00587. The van der Waals surface area contributed by atoms with E-state index in [1.54, 1.807) is 12.1 Å². The largest absolute Gasteiger partial charge is 0.504 e. The third-order valence-electron chi connectivity index (χ3n) is 2.33. The summed E-state index contributed by atoms with van der Waals surface area (Å²) in [7, 11) is 1.47. The molecule has 0 saturated heterocycles. The van der Waals surface area contributed by atoms with E-state index in [0.29, 0.717) is 17.0 Å². The second kappa shape index (κ2) is 5.67. The molecule has 0 bridgehead atoms. The fraction of sp³-hybridized carbons (Fsp3) is 0.0833. The summed E-state index contributed by atoms with van der Waals surface area (Å²) in [5.41, 5.74) is 3.27. The number of nitrogens with one attached hydrogen (secondary N) is 2. The van der Waals surface area contributed by atoms with Gasteiger partial charge < -0.3 is 14.8 Å². The summed E-state index contributed by atoms with van der Waals surface area (Å²) in [6.45, 7) is 0. The van der Waals surface area contributed by atoms with Crippen LogP contribution in [0, 0.1) is 0 Å². The van der Waals surface area contributed by atoms with Gasteiger partial charge in [0.25, 0.3) is 5.91 Å². The molecular weight excluding hydrogens is 248 g/mol. The number of nitrogens with zero attached hydrogens (tertiary/aromatic N) is 2. The van der Waals surface area contributed by atoms with E-state index in [0.717, 1.165) is 0 Å². The average molecular weight is 260 g/mol. The molecule has 1 heterocycles. The maximum atomic E-state index is 11.5. The SMILES string of the molecule is COc1ccc(/C=N/NC(=O)c2cnc[nH]2)cc1O. The quantitative estimate of drug-likeness (QED) is 0.561. The van der Waals surface area contributed by atoms with Crippen LogP contribution >= 0.6 is 0 Å². The molecule has 98 valence electrons. The van der Waals surface area contributed by atoms with Gasteiger partial charge in [-0.15, -0.1) is 0 Å².